The number of fused-ring (bicyclic) bond motifs is 2. The first-order valence-corrected chi connectivity index (χ1v) is 21.1. The van der Waals surface area contributed by atoms with Gasteiger partial charge in [-0.15, -0.1) is 0 Å². The monoisotopic (exact) mass is 877 g/mol. The number of nitrogen functional groups attached to an aromatic ring is 1. The molecule has 0 unspecified atom stereocenters. The number of carbonyl (C=O) groups is 2. The van der Waals surface area contributed by atoms with Crippen LogP contribution < -0.4 is 16.6 Å². The Balaban J connectivity index is 1.25. The van der Waals surface area contributed by atoms with Gasteiger partial charge in [0, 0.05) is 11.6 Å². The van der Waals surface area contributed by atoms with E-state index in [-0.39, 0.29) is 22.5 Å². The zero-order valence-electron chi connectivity index (χ0n) is 28.2. The maximum absolute atomic E-state index is 13.3. The van der Waals surface area contributed by atoms with Crippen LogP contribution in [0.2, 0.25) is 0 Å². The van der Waals surface area contributed by atoms with Crippen LogP contribution in [0.5, 0.6) is 17.2 Å². The average molecular weight is 878 g/mol. The van der Waals surface area contributed by atoms with E-state index in [1.54, 1.807) is 0 Å². The number of hydrazone groups is 2. The van der Waals surface area contributed by atoms with E-state index in [0.717, 1.165) is 18.2 Å². The molecule has 0 spiro atoms. The Morgan fingerprint density at radius 2 is 1.12 bits per heavy atom. The summed E-state index contributed by atoms with van der Waals surface area (Å²) in [5.41, 5.74) is 6.07. The molecule has 0 amide bonds. The van der Waals surface area contributed by atoms with Crippen LogP contribution >= 0.6 is 0 Å². The standard InChI is InChI=1S/C32H23N5O17S4/c33-29-25(57(49,50)51)12-24(56(46,47)48)17-3-6-20(31(41)28(17)29)36-34-18-4-1-13(8-21(18)38)14-2-5-19(22(39)9-14)35-37-30-26(58(52,53)54)10-15-7-16(55(43,44)45)11-23(40)27(15)32(30)42/h1-12,34-35,38-40H,33H2,(H,43,44,45)(H,46,47,48)(H,49,50,51)(H,52,53,54)/b36-20?,37-30-. The van der Waals surface area contributed by atoms with E-state index in [0.29, 0.717) is 24.3 Å². The molecular formula is C32H23N5O17S4. The molecule has 302 valence electrons. The largest absolute Gasteiger partial charge is 0.507 e. The van der Waals surface area contributed by atoms with Crippen molar-refractivity contribution in [3.63, 3.8) is 0 Å². The van der Waals surface area contributed by atoms with Gasteiger partial charge in [-0.1, -0.05) is 18.2 Å². The predicted molar refractivity (Wildman–Crippen MR) is 203 cm³/mol. The van der Waals surface area contributed by atoms with Crippen LogP contribution in [0, 0.1) is 0 Å². The second kappa shape index (κ2) is 14.1. The molecule has 0 saturated heterocycles. The minimum Gasteiger partial charge on any atom is -0.507 e. The summed E-state index contributed by atoms with van der Waals surface area (Å²) in [5, 5.41) is 39.3. The summed E-state index contributed by atoms with van der Waals surface area (Å²) in [6, 6.07) is 9.21. The molecule has 26 heteroatoms. The lowest BCUT2D eigenvalue weighted by atomic mass is 9.93. The first kappa shape index (κ1) is 41.1. The van der Waals surface area contributed by atoms with Crippen molar-refractivity contribution in [2.24, 2.45) is 10.2 Å². The number of aromatic hydroxyl groups is 3. The molecule has 11 N–H and O–H groups in total. The number of allylic oxidation sites excluding steroid dienone is 2. The number of rotatable bonds is 9. The lowest BCUT2D eigenvalue weighted by Crippen LogP contribution is -2.27. The molecule has 4 aromatic carbocycles. The number of nitrogens with one attached hydrogen (secondary N) is 2. The number of carbonyl (C=O) groups excluding carboxylic acids is 2. The lowest BCUT2D eigenvalue weighted by Gasteiger charge is -2.18. The molecule has 0 radical (unpaired) electrons. The number of nitrogens with zero attached hydrogens (tertiary/aromatic N) is 2. The highest BCUT2D eigenvalue weighted by Gasteiger charge is 2.36. The van der Waals surface area contributed by atoms with Gasteiger partial charge in [0.05, 0.1) is 33.1 Å². The van der Waals surface area contributed by atoms with E-state index in [1.807, 2.05) is 0 Å². The molecule has 4 aromatic rings. The quantitative estimate of drug-likeness (QED) is 0.0499. The molecule has 0 atom stereocenters. The van der Waals surface area contributed by atoms with Gasteiger partial charge in [-0.3, -0.25) is 38.7 Å². The predicted octanol–water partition coefficient (Wildman–Crippen LogP) is 2.36. The normalized spacial score (nSPS) is 15.9. The van der Waals surface area contributed by atoms with Crippen LogP contribution in [-0.2, 0) is 40.5 Å². The number of hydrogen-bond donors (Lipinski definition) is 10. The Morgan fingerprint density at radius 1 is 0.569 bits per heavy atom. The third-order valence-electron chi connectivity index (χ3n) is 8.33. The third kappa shape index (κ3) is 7.75. The van der Waals surface area contributed by atoms with Crippen LogP contribution in [0.3, 0.4) is 0 Å². The number of Topliss-reactive ketones (excluding diaryl/α,β-unsaturated/α-hetero) is 2. The number of hydrogen-bond acceptors (Lipinski definition) is 18. The van der Waals surface area contributed by atoms with E-state index in [4.69, 9.17) is 5.73 Å². The Labute approximate surface area is 326 Å². The van der Waals surface area contributed by atoms with Crippen molar-refractivity contribution in [3.05, 3.63) is 87.8 Å². The van der Waals surface area contributed by atoms with Crippen molar-refractivity contribution < 1.29 is 76.8 Å². The van der Waals surface area contributed by atoms with Crippen LogP contribution in [0.15, 0.2) is 90.5 Å². The van der Waals surface area contributed by atoms with E-state index >= 15 is 0 Å². The maximum Gasteiger partial charge on any atom is 0.296 e. The van der Waals surface area contributed by atoms with Crippen LogP contribution in [-0.4, -0.2) is 90.2 Å². The van der Waals surface area contributed by atoms with Gasteiger partial charge >= 0.3 is 0 Å². The van der Waals surface area contributed by atoms with Gasteiger partial charge in [-0.2, -0.15) is 43.9 Å². The molecule has 0 aliphatic heterocycles. The van der Waals surface area contributed by atoms with Crippen molar-refractivity contribution in [3.8, 4) is 28.4 Å². The molecule has 58 heavy (non-hydrogen) atoms. The van der Waals surface area contributed by atoms with Crippen molar-refractivity contribution >= 4 is 92.7 Å². The summed E-state index contributed by atoms with van der Waals surface area (Å²) < 4.78 is 133. The molecule has 6 rings (SSSR count). The summed E-state index contributed by atoms with van der Waals surface area (Å²) in [4.78, 5) is 22.3. The Kier molecular flexibility index (Phi) is 10.0. The molecule has 0 aromatic heterocycles. The highest BCUT2D eigenvalue weighted by atomic mass is 32.2. The first-order valence-electron chi connectivity index (χ1n) is 15.3. The second-order valence-corrected chi connectivity index (χ2v) is 17.6. The summed E-state index contributed by atoms with van der Waals surface area (Å²) in [5.74, 6) is -4.41. The SMILES string of the molecule is Nc1c(S(=O)(=O)O)cc(S(=O)(=O)O)c2c1C(=O)C(=NNc1ccc(-c3ccc(N/N=C4\C(=O)c5c(O)cc(S(=O)(=O)O)cc5C=C4S(=O)(=O)O)c(O)c3)cc1O)C=C2. The summed E-state index contributed by atoms with van der Waals surface area (Å²) >= 11 is 0. The minimum atomic E-state index is -5.22. The van der Waals surface area contributed by atoms with Gasteiger partial charge in [0.1, 0.15) is 37.7 Å². The van der Waals surface area contributed by atoms with E-state index in [9.17, 15) is 76.8 Å². The number of phenolic OH excluding ortho intramolecular Hbond substituents is 3. The zero-order valence-corrected chi connectivity index (χ0v) is 31.5. The molecule has 2 aliphatic rings. The number of nitrogens with two attached hydrogens (primary N) is 1. The van der Waals surface area contributed by atoms with Crippen molar-refractivity contribution in [1.29, 1.82) is 0 Å². The Morgan fingerprint density at radius 3 is 1.62 bits per heavy atom. The van der Waals surface area contributed by atoms with Crippen LogP contribution in [0.4, 0.5) is 17.1 Å². The fraction of sp³-hybridized carbons (Fsp3) is 0. The van der Waals surface area contributed by atoms with Gasteiger partial charge in [0.25, 0.3) is 40.5 Å². The Hall–Kier alpha value is -6.52. The molecular weight excluding hydrogens is 855 g/mol. The summed E-state index contributed by atoms with van der Waals surface area (Å²) in [7, 11) is -20.4. The van der Waals surface area contributed by atoms with E-state index in [2.05, 4.69) is 21.1 Å². The fourth-order valence-electron chi connectivity index (χ4n) is 5.68. The van der Waals surface area contributed by atoms with Gasteiger partial charge in [-0.25, -0.2) is 0 Å². The maximum atomic E-state index is 13.3. The first-order chi connectivity index (χ1) is 26.8. The van der Waals surface area contributed by atoms with Crippen molar-refractivity contribution in [1.82, 2.24) is 0 Å². The number of anilines is 3. The zero-order chi connectivity index (χ0) is 42.9. The molecule has 2 aliphatic carbocycles. The van der Waals surface area contributed by atoms with Crippen LogP contribution in [0.25, 0.3) is 23.3 Å². The van der Waals surface area contributed by atoms with Gasteiger partial charge < -0.3 is 21.1 Å². The van der Waals surface area contributed by atoms with Crippen LogP contribution in [0.1, 0.15) is 31.8 Å². The number of phenols is 3. The molecule has 22 nitrogen and oxygen atoms in total. The topological polar surface area (TPSA) is 387 Å². The Bertz CT molecular complexity index is 3140. The minimum absolute atomic E-state index is 0.110. The van der Waals surface area contributed by atoms with Gasteiger partial charge in [0.2, 0.25) is 11.6 Å². The third-order valence-corrected chi connectivity index (χ3v) is 11.8. The summed E-state index contributed by atoms with van der Waals surface area (Å²) in [6.45, 7) is 0. The van der Waals surface area contributed by atoms with Crippen molar-refractivity contribution in [2.75, 3.05) is 16.6 Å². The second-order valence-electron chi connectivity index (χ2n) is 12.0. The van der Waals surface area contributed by atoms with Gasteiger partial charge in [-0.05, 0) is 65.2 Å². The smallest absolute Gasteiger partial charge is 0.296 e. The number of ketones is 2. The summed E-state index contributed by atoms with van der Waals surface area (Å²) in [6.07, 6.45) is 2.63. The van der Waals surface area contributed by atoms with Gasteiger partial charge in [0.15, 0.2) is 5.71 Å². The highest BCUT2D eigenvalue weighted by Crippen LogP contribution is 2.38. The highest BCUT2D eigenvalue weighted by molar-refractivity contribution is 7.91. The van der Waals surface area contributed by atoms with E-state index in [1.165, 1.54) is 30.3 Å². The molecule has 0 saturated carbocycles. The fourth-order valence-corrected chi connectivity index (χ4v) is 8.31. The van der Waals surface area contributed by atoms with E-state index < -0.39 is 128 Å². The number of benzene rings is 4. The molecule has 0 fully saturated rings. The average Bonchev–Trinajstić information content (AvgIpc) is 3.09. The molecule has 0 bridgehead atoms. The molecule has 0 heterocycles. The van der Waals surface area contributed by atoms with Crippen molar-refractivity contribution in [2.45, 2.75) is 14.7 Å². The lowest BCUT2D eigenvalue weighted by molar-refractivity contribution is 0.105.